The van der Waals surface area contributed by atoms with E-state index in [1.807, 2.05) is 13.8 Å². The minimum absolute atomic E-state index is 0.0782. The third-order valence-corrected chi connectivity index (χ3v) is 5.53. The molecule has 0 aromatic carbocycles. The number of nitrogens with one attached hydrogen (secondary N) is 2. The molecule has 0 bridgehead atoms. The van der Waals surface area contributed by atoms with Gasteiger partial charge in [-0.15, -0.1) is 0 Å². The zero-order valence-corrected chi connectivity index (χ0v) is 23.4. The highest BCUT2D eigenvalue weighted by atomic mass is 16.6. The van der Waals surface area contributed by atoms with Gasteiger partial charge in [0.15, 0.2) is 0 Å². The second kappa shape index (κ2) is 23.4. The molecule has 2 amide bonds. The fraction of sp³-hybridized carbons (Fsp3) is 0.815. The van der Waals surface area contributed by atoms with E-state index in [9.17, 15) is 29.1 Å². The number of aliphatic hydroxyl groups is 1. The van der Waals surface area contributed by atoms with E-state index in [4.69, 9.17) is 14.2 Å². The number of rotatable bonds is 23. The van der Waals surface area contributed by atoms with Crippen molar-refractivity contribution in [3.8, 4) is 0 Å². The minimum atomic E-state index is -0.847. The Morgan fingerprint density at radius 1 is 0.658 bits per heavy atom. The number of carbonyl (C=O) groups excluding carboxylic acids is 5. The Bertz CT molecular complexity index is 700. The minimum Gasteiger partial charge on any atom is -0.466 e. The molecule has 0 rings (SSSR count). The molecule has 0 fully saturated rings. The van der Waals surface area contributed by atoms with E-state index in [0.717, 1.165) is 25.7 Å². The molecule has 0 heterocycles. The van der Waals surface area contributed by atoms with Crippen molar-refractivity contribution in [2.75, 3.05) is 19.9 Å². The highest BCUT2D eigenvalue weighted by Crippen LogP contribution is 2.17. The van der Waals surface area contributed by atoms with Crippen molar-refractivity contribution >= 4 is 29.7 Å². The largest absolute Gasteiger partial charge is 0.466 e. The second-order valence-corrected chi connectivity index (χ2v) is 9.19. The highest BCUT2D eigenvalue weighted by Gasteiger charge is 2.23. The van der Waals surface area contributed by atoms with Crippen molar-refractivity contribution in [1.82, 2.24) is 10.6 Å². The zero-order valence-electron chi connectivity index (χ0n) is 23.4. The van der Waals surface area contributed by atoms with Gasteiger partial charge in [0.1, 0.15) is 12.5 Å². The van der Waals surface area contributed by atoms with Gasteiger partial charge >= 0.3 is 17.9 Å². The van der Waals surface area contributed by atoms with E-state index < -0.39 is 36.5 Å². The van der Waals surface area contributed by atoms with Gasteiger partial charge in [-0.05, 0) is 44.9 Å². The zero-order chi connectivity index (χ0) is 28.6. The normalized spacial score (nSPS) is 12.2. The van der Waals surface area contributed by atoms with E-state index in [0.29, 0.717) is 45.1 Å². The van der Waals surface area contributed by atoms with Crippen molar-refractivity contribution in [3.63, 3.8) is 0 Å². The number of aliphatic hydroxyl groups excluding tert-OH is 1. The third kappa shape index (κ3) is 20.4. The Labute approximate surface area is 226 Å². The van der Waals surface area contributed by atoms with Crippen LogP contribution in [0.2, 0.25) is 0 Å². The number of unbranched alkanes of at least 4 members (excludes halogenated alkanes) is 3. The Balaban J connectivity index is 4.27. The average Bonchev–Trinajstić information content (AvgIpc) is 2.88. The molecule has 220 valence electrons. The first kappa shape index (κ1) is 35.3. The lowest BCUT2D eigenvalue weighted by atomic mass is 10.0. The second-order valence-electron chi connectivity index (χ2n) is 9.19. The van der Waals surface area contributed by atoms with Gasteiger partial charge in [-0.25, -0.2) is 0 Å². The summed E-state index contributed by atoms with van der Waals surface area (Å²) in [6, 6.07) is 0. The van der Waals surface area contributed by atoms with Crippen LogP contribution in [-0.4, -0.2) is 66.9 Å². The summed E-state index contributed by atoms with van der Waals surface area (Å²) in [4.78, 5) is 58.8. The van der Waals surface area contributed by atoms with Gasteiger partial charge in [0, 0.05) is 19.3 Å². The molecular formula is C27H48N2O9. The molecule has 38 heavy (non-hydrogen) atoms. The average molecular weight is 545 g/mol. The summed E-state index contributed by atoms with van der Waals surface area (Å²) >= 11 is 0. The lowest BCUT2D eigenvalue weighted by Crippen LogP contribution is -2.38. The van der Waals surface area contributed by atoms with Crippen molar-refractivity contribution < 1.29 is 43.3 Å². The fourth-order valence-corrected chi connectivity index (χ4v) is 3.43. The van der Waals surface area contributed by atoms with Crippen LogP contribution >= 0.6 is 0 Å². The van der Waals surface area contributed by atoms with E-state index in [1.54, 1.807) is 0 Å². The maximum Gasteiger partial charge on any atom is 0.315 e. The van der Waals surface area contributed by atoms with Crippen molar-refractivity contribution in [2.45, 2.75) is 123 Å². The lowest BCUT2D eigenvalue weighted by Gasteiger charge is -2.23. The molecule has 0 radical (unpaired) electrons. The van der Waals surface area contributed by atoms with Crippen LogP contribution in [0.4, 0.5) is 0 Å². The van der Waals surface area contributed by atoms with Gasteiger partial charge in [0.25, 0.3) is 0 Å². The van der Waals surface area contributed by atoms with Crippen molar-refractivity contribution in [1.29, 1.82) is 0 Å². The maximum absolute atomic E-state index is 12.3. The summed E-state index contributed by atoms with van der Waals surface area (Å²) in [6.07, 6.45) is 5.05. The van der Waals surface area contributed by atoms with Crippen LogP contribution in [0.3, 0.4) is 0 Å². The maximum atomic E-state index is 12.3. The van der Waals surface area contributed by atoms with Gasteiger partial charge in [-0.2, -0.15) is 0 Å². The van der Waals surface area contributed by atoms with Gasteiger partial charge in [0.2, 0.25) is 11.8 Å². The Hall–Kier alpha value is -2.69. The topological polar surface area (TPSA) is 157 Å². The predicted octanol–water partition coefficient (Wildman–Crippen LogP) is 3.06. The van der Waals surface area contributed by atoms with E-state index >= 15 is 0 Å². The quantitative estimate of drug-likeness (QED) is 0.0578. The Morgan fingerprint density at radius 2 is 1.26 bits per heavy atom. The van der Waals surface area contributed by atoms with Crippen molar-refractivity contribution in [2.24, 2.45) is 0 Å². The molecule has 3 N–H and O–H groups in total. The number of hydrogen-bond acceptors (Lipinski definition) is 9. The van der Waals surface area contributed by atoms with Crippen molar-refractivity contribution in [3.05, 3.63) is 0 Å². The number of esters is 3. The number of hydrogen-bond donors (Lipinski definition) is 3. The van der Waals surface area contributed by atoms with Gasteiger partial charge < -0.3 is 30.0 Å². The molecule has 0 saturated carbocycles. The third-order valence-electron chi connectivity index (χ3n) is 5.53. The lowest BCUT2D eigenvalue weighted by molar-refractivity contribution is -0.156. The summed E-state index contributed by atoms with van der Waals surface area (Å²) in [5.74, 6) is -2.20. The summed E-state index contributed by atoms with van der Waals surface area (Å²) < 4.78 is 15.3. The molecule has 0 spiro atoms. The Morgan fingerprint density at radius 3 is 1.92 bits per heavy atom. The highest BCUT2D eigenvalue weighted by molar-refractivity contribution is 5.94. The summed E-state index contributed by atoms with van der Waals surface area (Å²) in [5, 5.41) is 15.6. The smallest absolute Gasteiger partial charge is 0.315 e. The fourth-order valence-electron chi connectivity index (χ4n) is 3.43. The molecule has 2 unspecified atom stereocenters. The van der Waals surface area contributed by atoms with E-state index in [-0.39, 0.29) is 44.4 Å². The Kier molecular flexibility index (Phi) is 21.8. The molecular weight excluding hydrogens is 496 g/mol. The van der Waals surface area contributed by atoms with E-state index in [1.165, 1.54) is 0 Å². The van der Waals surface area contributed by atoms with Crippen LogP contribution in [0.1, 0.15) is 111 Å². The number of ether oxygens (including phenoxy) is 3. The van der Waals surface area contributed by atoms with Gasteiger partial charge in [-0.3, -0.25) is 24.0 Å². The van der Waals surface area contributed by atoms with Gasteiger partial charge in [0.05, 0.1) is 26.0 Å². The first-order valence-electron chi connectivity index (χ1n) is 14.0. The molecule has 11 nitrogen and oxygen atoms in total. The molecule has 0 aromatic rings. The molecule has 0 aliphatic rings. The molecule has 0 aromatic heterocycles. The SMILES string of the molecule is CCCCCC(OC(=O)CCCC(=O)OCCC)C(O)CCCCC(=O)NCNC(=O)CC(=O)OCCC. The molecule has 0 aliphatic heterocycles. The predicted molar refractivity (Wildman–Crippen MR) is 141 cm³/mol. The first-order chi connectivity index (χ1) is 18.2. The number of carbonyl (C=O) groups is 5. The summed E-state index contributed by atoms with van der Waals surface area (Å²) in [7, 11) is 0. The molecule has 0 aliphatic carbocycles. The van der Waals surface area contributed by atoms with E-state index in [2.05, 4.69) is 17.6 Å². The van der Waals surface area contributed by atoms with Crippen LogP contribution in [0, 0.1) is 0 Å². The van der Waals surface area contributed by atoms with Gasteiger partial charge in [-0.1, -0.05) is 40.0 Å². The number of amides is 2. The van der Waals surface area contributed by atoms with Crippen LogP contribution in [0.5, 0.6) is 0 Å². The molecule has 0 saturated heterocycles. The van der Waals surface area contributed by atoms with Crippen LogP contribution in [0.25, 0.3) is 0 Å². The molecule has 2 atom stereocenters. The van der Waals surface area contributed by atoms with Crippen LogP contribution in [-0.2, 0) is 38.2 Å². The monoisotopic (exact) mass is 544 g/mol. The first-order valence-corrected chi connectivity index (χ1v) is 14.0. The summed E-state index contributed by atoms with van der Waals surface area (Å²) in [6.45, 7) is 6.36. The van der Waals surface area contributed by atoms with Crippen LogP contribution < -0.4 is 10.6 Å². The molecule has 11 heteroatoms. The van der Waals surface area contributed by atoms with Crippen LogP contribution in [0.15, 0.2) is 0 Å². The standard InChI is InChI=1S/C27H48N2O9/c1-4-7-8-13-22(38-26(34)16-11-15-25(33)36-17-5-2)21(30)12-9-10-14-23(31)28-20-29-24(32)19-27(35)37-18-6-3/h21-22,30H,4-20H2,1-3H3,(H,28,31)(H,29,32). The summed E-state index contributed by atoms with van der Waals surface area (Å²) in [5.41, 5.74) is 0.